The second-order valence-electron chi connectivity index (χ2n) is 5.41. The summed E-state index contributed by atoms with van der Waals surface area (Å²) in [6, 6.07) is -0.225. The SMILES string of the molecule is Cc1cn([C@H]2CC(n3nncc3C)[C@@H](CO)O2)c(=O)[nH]c1=O. The average Bonchev–Trinajstić information content (AvgIpc) is 3.08. The van der Waals surface area contributed by atoms with Crippen molar-refractivity contribution >= 4 is 0 Å². The Kier molecular flexibility index (Phi) is 3.67. The molecule has 1 saturated heterocycles. The third-order valence-electron chi connectivity index (χ3n) is 3.91. The van der Waals surface area contributed by atoms with Gasteiger partial charge in [-0.1, -0.05) is 5.21 Å². The summed E-state index contributed by atoms with van der Waals surface area (Å²) < 4.78 is 8.79. The smallest absolute Gasteiger partial charge is 0.330 e. The number of nitrogens with one attached hydrogen (secondary N) is 1. The molecule has 0 bridgehead atoms. The largest absolute Gasteiger partial charge is 0.394 e. The van der Waals surface area contributed by atoms with Crippen molar-refractivity contribution in [2.24, 2.45) is 0 Å². The lowest BCUT2D eigenvalue weighted by molar-refractivity contribution is -0.0324. The first-order valence-electron chi connectivity index (χ1n) is 6.96. The van der Waals surface area contributed by atoms with E-state index < -0.39 is 23.6 Å². The maximum atomic E-state index is 12.0. The predicted octanol–water partition coefficient (Wildman–Crippen LogP) is -0.734. The van der Waals surface area contributed by atoms with Crippen molar-refractivity contribution in [3.63, 3.8) is 0 Å². The van der Waals surface area contributed by atoms with Crippen molar-refractivity contribution in [2.75, 3.05) is 6.61 Å². The van der Waals surface area contributed by atoms with Gasteiger partial charge in [-0.25, -0.2) is 9.48 Å². The fourth-order valence-electron chi connectivity index (χ4n) is 2.73. The highest BCUT2D eigenvalue weighted by atomic mass is 16.5. The van der Waals surface area contributed by atoms with Crippen molar-refractivity contribution in [3.05, 3.63) is 44.5 Å². The van der Waals surface area contributed by atoms with E-state index in [4.69, 9.17) is 4.74 Å². The van der Waals surface area contributed by atoms with Gasteiger partial charge in [0.1, 0.15) is 12.3 Å². The molecule has 3 rings (SSSR count). The molecule has 1 aliphatic heterocycles. The average molecular weight is 307 g/mol. The summed E-state index contributed by atoms with van der Waals surface area (Å²) in [6.07, 6.45) is 2.47. The Bertz CT molecular complexity index is 792. The third-order valence-corrected chi connectivity index (χ3v) is 3.91. The fourth-order valence-corrected chi connectivity index (χ4v) is 2.73. The van der Waals surface area contributed by atoms with E-state index >= 15 is 0 Å². The fraction of sp³-hybridized carbons (Fsp3) is 0.538. The normalized spacial score (nSPS) is 24.8. The summed E-state index contributed by atoms with van der Waals surface area (Å²) in [5.41, 5.74) is 0.316. The lowest BCUT2D eigenvalue weighted by Crippen LogP contribution is -2.33. The highest BCUT2D eigenvalue weighted by Gasteiger charge is 2.38. The molecule has 22 heavy (non-hydrogen) atoms. The molecule has 0 spiro atoms. The maximum absolute atomic E-state index is 12.0. The van der Waals surface area contributed by atoms with Gasteiger partial charge in [-0.05, 0) is 13.8 Å². The summed E-state index contributed by atoms with van der Waals surface area (Å²) >= 11 is 0. The molecule has 9 heteroatoms. The zero-order valence-corrected chi connectivity index (χ0v) is 12.3. The molecule has 0 aromatic carbocycles. The highest BCUT2D eigenvalue weighted by molar-refractivity contribution is 5.03. The lowest BCUT2D eigenvalue weighted by Gasteiger charge is -2.16. The Labute approximate surface area is 125 Å². The van der Waals surface area contributed by atoms with E-state index in [9.17, 15) is 14.7 Å². The Morgan fingerprint density at radius 2 is 2.23 bits per heavy atom. The van der Waals surface area contributed by atoms with Crippen LogP contribution in [0.1, 0.15) is 29.9 Å². The van der Waals surface area contributed by atoms with Crippen LogP contribution < -0.4 is 11.2 Å². The van der Waals surface area contributed by atoms with Gasteiger partial charge in [0.15, 0.2) is 0 Å². The van der Waals surface area contributed by atoms with E-state index in [2.05, 4.69) is 15.3 Å². The van der Waals surface area contributed by atoms with E-state index in [0.29, 0.717) is 12.0 Å². The molecule has 1 aliphatic rings. The van der Waals surface area contributed by atoms with Crippen LogP contribution in [0.25, 0.3) is 0 Å². The first kappa shape index (κ1) is 14.7. The minimum Gasteiger partial charge on any atom is -0.394 e. The van der Waals surface area contributed by atoms with Crippen molar-refractivity contribution in [1.82, 2.24) is 24.5 Å². The van der Waals surface area contributed by atoms with Crippen LogP contribution in [0.5, 0.6) is 0 Å². The van der Waals surface area contributed by atoms with Crippen LogP contribution in [0.15, 0.2) is 22.0 Å². The van der Waals surface area contributed by atoms with E-state index in [-0.39, 0.29) is 12.6 Å². The Hall–Kier alpha value is -2.26. The van der Waals surface area contributed by atoms with Crippen LogP contribution in [0.3, 0.4) is 0 Å². The standard InChI is InChI=1S/C13H17N5O4/c1-7-5-17(13(21)15-12(7)20)11-3-9(10(6-19)22-11)18-8(2)4-14-16-18/h4-5,9-11,19H,3,6H2,1-2H3,(H,15,20,21)/t9?,10-,11-/m1/s1. The Morgan fingerprint density at radius 1 is 1.45 bits per heavy atom. The number of hydrogen-bond acceptors (Lipinski definition) is 6. The first-order valence-corrected chi connectivity index (χ1v) is 6.96. The molecule has 0 amide bonds. The predicted molar refractivity (Wildman–Crippen MR) is 75.5 cm³/mol. The van der Waals surface area contributed by atoms with Crippen LogP contribution in [-0.2, 0) is 4.74 Å². The lowest BCUT2D eigenvalue weighted by atomic mass is 10.1. The quantitative estimate of drug-likeness (QED) is 0.772. The van der Waals surface area contributed by atoms with Crippen LogP contribution >= 0.6 is 0 Å². The number of H-pyrrole nitrogens is 1. The molecule has 3 atom stereocenters. The molecule has 2 aromatic heterocycles. The number of hydrogen-bond donors (Lipinski definition) is 2. The number of aliphatic hydroxyl groups excluding tert-OH is 1. The Morgan fingerprint density at radius 3 is 2.86 bits per heavy atom. The number of nitrogens with zero attached hydrogens (tertiary/aromatic N) is 4. The van der Waals surface area contributed by atoms with Crippen LogP contribution in [-0.4, -0.2) is 42.4 Å². The van der Waals surface area contributed by atoms with Gasteiger partial charge in [0.25, 0.3) is 5.56 Å². The molecular formula is C13H17N5O4. The molecule has 1 unspecified atom stereocenters. The minimum absolute atomic E-state index is 0.197. The third kappa shape index (κ3) is 2.38. The zero-order chi connectivity index (χ0) is 15.9. The number of aromatic amines is 1. The monoisotopic (exact) mass is 307 g/mol. The number of ether oxygens (including phenoxy) is 1. The maximum Gasteiger partial charge on any atom is 0.330 e. The molecule has 2 aromatic rings. The molecule has 118 valence electrons. The van der Waals surface area contributed by atoms with E-state index in [1.807, 2.05) is 6.92 Å². The summed E-state index contributed by atoms with van der Waals surface area (Å²) in [5, 5.41) is 17.4. The first-order chi connectivity index (χ1) is 10.5. The van der Waals surface area contributed by atoms with Gasteiger partial charge in [0.05, 0.1) is 24.5 Å². The van der Waals surface area contributed by atoms with Crippen molar-refractivity contribution < 1.29 is 9.84 Å². The van der Waals surface area contributed by atoms with E-state index in [1.54, 1.807) is 17.8 Å². The van der Waals surface area contributed by atoms with Gasteiger partial charge in [-0.2, -0.15) is 0 Å². The number of aryl methyl sites for hydroxylation is 2. The molecule has 0 radical (unpaired) electrons. The van der Waals surface area contributed by atoms with Crippen molar-refractivity contribution in [2.45, 2.75) is 38.6 Å². The van der Waals surface area contributed by atoms with Crippen LogP contribution in [0, 0.1) is 13.8 Å². The molecule has 9 nitrogen and oxygen atoms in total. The van der Waals surface area contributed by atoms with Gasteiger partial charge in [0, 0.05) is 18.2 Å². The summed E-state index contributed by atoms with van der Waals surface area (Å²) in [7, 11) is 0. The Balaban J connectivity index is 1.95. The number of aromatic nitrogens is 5. The van der Waals surface area contributed by atoms with Crippen molar-refractivity contribution in [1.29, 1.82) is 0 Å². The molecule has 3 heterocycles. The number of aliphatic hydroxyl groups is 1. The molecule has 1 fully saturated rings. The van der Waals surface area contributed by atoms with Crippen molar-refractivity contribution in [3.8, 4) is 0 Å². The van der Waals surface area contributed by atoms with Gasteiger partial charge < -0.3 is 9.84 Å². The molecule has 2 N–H and O–H groups in total. The molecule has 0 aliphatic carbocycles. The van der Waals surface area contributed by atoms with Crippen LogP contribution in [0.4, 0.5) is 0 Å². The van der Waals surface area contributed by atoms with E-state index in [0.717, 1.165) is 5.69 Å². The second-order valence-corrected chi connectivity index (χ2v) is 5.41. The summed E-state index contributed by atoms with van der Waals surface area (Å²) in [4.78, 5) is 25.7. The molecule has 0 saturated carbocycles. The summed E-state index contributed by atoms with van der Waals surface area (Å²) in [5.74, 6) is 0. The zero-order valence-electron chi connectivity index (χ0n) is 12.3. The van der Waals surface area contributed by atoms with Gasteiger partial charge in [0.2, 0.25) is 0 Å². The summed E-state index contributed by atoms with van der Waals surface area (Å²) in [6.45, 7) is 3.28. The van der Waals surface area contributed by atoms with Gasteiger partial charge >= 0.3 is 5.69 Å². The topological polar surface area (TPSA) is 115 Å². The second kappa shape index (κ2) is 5.50. The van der Waals surface area contributed by atoms with Gasteiger partial charge in [-0.3, -0.25) is 14.3 Å². The minimum atomic E-state index is -0.575. The molecular weight excluding hydrogens is 290 g/mol. The van der Waals surface area contributed by atoms with E-state index in [1.165, 1.54) is 10.8 Å². The van der Waals surface area contributed by atoms with Crippen LogP contribution in [0.2, 0.25) is 0 Å². The highest BCUT2D eigenvalue weighted by Crippen LogP contribution is 2.35. The van der Waals surface area contributed by atoms with Gasteiger partial charge in [-0.15, -0.1) is 5.10 Å². The number of rotatable bonds is 3.